The van der Waals surface area contributed by atoms with Gasteiger partial charge < -0.3 is 9.84 Å². The summed E-state index contributed by atoms with van der Waals surface area (Å²) in [5.41, 5.74) is 4.94. The second-order valence-electron chi connectivity index (χ2n) is 5.16. The molecule has 1 aliphatic rings. The van der Waals surface area contributed by atoms with E-state index >= 15 is 0 Å². The maximum absolute atomic E-state index is 9.37. The smallest absolute Gasteiger partial charge is 0.125 e. The Morgan fingerprint density at radius 3 is 2.75 bits per heavy atom. The number of hydrogen-bond donors (Lipinski definition) is 1. The average molecular weight is 333 g/mol. The first-order valence-corrected chi connectivity index (χ1v) is 7.68. The van der Waals surface area contributed by atoms with Crippen molar-refractivity contribution in [1.82, 2.24) is 0 Å². The van der Waals surface area contributed by atoms with E-state index in [2.05, 4.69) is 34.1 Å². The molecule has 1 aliphatic carbocycles. The standard InChI is InChI=1S/C17H17BrO2/c18-16-6-7-17(15(9-16)10-19)20-11-12-4-5-13-2-1-3-14(13)8-12/h4-9,19H,1-3,10-11H2. The lowest BCUT2D eigenvalue weighted by Crippen LogP contribution is -1.99. The van der Waals surface area contributed by atoms with Gasteiger partial charge in [-0.05, 0) is 54.2 Å². The number of benzene rings is 2. The van der Waals surface area contributed by atoms with Crippen LogP contribution in [0.5, 0.6) is 5.75 Å². The normalized spacial score (nSPS) is 13.3. The van der Waals surface area contributed by atoms with Gasteiger partial charge in [-0.15, -0.1) is 0 Å². The molecule has 0 bridgehead atoms. The Morgan fingerprint density at radius 2 is 1.90 bits per heavy atom. The van der Waals surface area contributed by atoms with Crippen molar-refractivity contribution >= 4 is 15.9 Å². The number of hydrogen-bond acceptors (Lipinski definition) is 2. The third-order valence-corrected chi connectivity index (χ3v) is 4.24. The fourth-order valence-electron chi connectivity index (χ4n) is 2.69. The molecular weight excluding hydrogens is 316 g/mol. The zero-order valence-electron chi connectivity index (χ0n) is 11.2. The van der Waals surface area contributed by atoms with E-state index in [-0.39, 0.29) is 6.61 Å². The van der Waals surface area contributed by atoms with Crippen LogP contribution in [0.3, 0.4) is 0 Å². The van der Waals surface area contributed by atoms with Crippen LogP contribution in [0.15, 0.2) is 40.9 Å². The molecule has 0 heterocycles. The van der Waals surface area contributed by atoms with E-state index in [1.807, 2.05) is 18.2 Å². The van der Waals surface area contributed by atoms with Crippen molar-refractivity contribution in [2.24, 2.45) is 0 Å². The van der Waals surface area contributed by atoms with Gasteiger partial charge in [-0.2, -0.15) is 0 Å². The third-order valence-electron chi connectivity index (χ3n) is 3.75. The Kier molecular flexibility index (Phi) is 4.08. The Morgan fingerprint density at radius 1 is 1.05 bits per heavy atom. The second kappa shape index (κ2) is 5.98. The molecule has 1 N–H and O–H groups in total. The lowest BCUT2D eigenvalue weighted by molar-refractivity contribution is 0.259. The monoisotopic (exact) mass is 332 g/mol. The lowest BCUT2D eigenvalue weighted by Gasteiger charge is -2.11. The van der Waals surface area contributed by atoms with Crippen LogP contribution >= 0.6 is 15.9 Å². The number of aryl methyl sites for hydroxylation is 2. The van der Waals surface area contributed by atoms with E-state index < -0.39 is 0 Å². The first-order chi connectivity index (χ1) is 9.76. The quantitative estimate of drug-likeness (QED) is 0.916. The number of rotatable bonds is 4. The number of fused-ring (bicyclic) bond motifs is 1. The summed E-state index contributed by atoms with van der Waals surface area (Å²) >= 11 is 3.40. The highest BCUT2D eigenvalue weighted by molar-refractivity contribution is 9.10. The van der Waals surface area contributed by atoms with Crippen LogP contribution < -0.4 is 4.74 Å². The summed E-state index contributed by atoms with van der Waals surface area (Å²) in [6.45, 7) is 0.529. The predicted molar refractivity (Wildman–Crippen MR) is 82.9 cm³/mol. The summed E-state index contributed by atoms with van der Waals surface area (Å²) < 4.78 is 6.80. The molecule has 0 aromatic heterocycles. The summed E-state index contributed by atoms with van der Waals surface area (Å²) in [6.07, 6.45) is 3.65. The van der Waals surface area contributed by atoms with Crippen LogP contribution in [0, 0.1) is 0 Å². The fourth-order valence-corrected chi connectivity index (χ4v) is 3.10. The minimum absolute atomic E-state index is 0.0149. The van der Waals surface area contributed by atoms with Gasteiger partial charge in [0, 0.05) is 10.0 Å². The van der Waals surface area contributed by atoms with Gasteiger partial charge in [-0.25, -0.2) is 0 Å². The maximum Gasteiger partial charge on any atom is 0.125 e. The summed E-state index contributed by atoms with van der Waals surface area (Å²) in [4.78, 5) is 0. The van der Waals surface area contributed by atoms with Gasteiger partial charge in [-0.3, -0.25) is 0 Å². The zero-order valence-corrected chi connectivity index (χ0v) is 12.8. The van der Waals surface area contributed by atoms with E-state index in [4.69, 9.17) is 4.74 Å². The van der Waals surface area contributed by atoms with Crippen molar-refractivity contribution in [3.63, 3.8) is 0 Å². The predicted octanol–water partition coefficient (Wildman–Crippen LogP) is 4.01. The molecule has 0 unspecified atom stereocenters. The van der Waals surface area contributed by atoms with Crippen molar-refractivity contribution in [1.29, 1.82) is 0 Å². The lowest BCUT2D eigenvalue weighted by atomic mass is 10.1. The highest BCUT2D eigenvalue weighted by Crippen LogP contribution is 2.26. The van der Waals surface area contributed by atoms with E-state index in [1.54, 1.807) is 0 Å². The van der Waals surface area contributed by atoms with Crippen LogP contribution in [0.25, 0.3) is 0 Å². The molecule has 0 saturated carbocycles. The molecule has 0 radical (unpaired) electrons. The van der Waals surface area contributed by atoms with Gasteiger partial charge in [0.15, 0.2) is 0 Å². The molecule has 2 aromatic rings. The Bertz CT molecular complexity index is 622. The molecule has 3 heteroatoms. The molecule has 20 heavy (non-hydrogen) atoms. The maximum atomic E-state index is 9.37. The Balaban J connectivity index is 1.73. The molecule has 0 aliphatic heterocycles. The second-order valence-corrected chi connectivity index (χ2v) is 6.07. The zero-order chi connectivity index (χ0) is 13.9. The summed E-state index contributed by atoms with van der Waals surface area (Å²) in [7, 11) is 0. The SMILES string of the molecule is OCc1cc(Br)ccc1OCc1ccc2c(c1)CCC2. The van der Waals surface area contributed by atoms with Gasteiger partial charge in [0.2, 0.25) is 0 Å². The van der Waals surface area contributed by atoms with Crippen molar-refractivity contribution in [2.45, 2.75) is 32.5 Å². The average Bonchev–Trinajstić information content (AvgIpc) is 2.93. The van der Waals surface area contributed by atoms with Gasteiger partial charge >= 0.3 is 0 Å². The van der Waals surface area contributed by atoms with Gasteiger partial charge in [-0.1, -0.05) is 34.1 Å². The molecule has 0 atom stereocenters. The van der Waals surface area contributed by atoms with E-state index in [9.17, 15) is 5.11 Å². The number of ether oxygens (including phenoxy) is 1. The van der Waals surface area contributed by atoms with Crippen molar-refractivity contribution in [3.8, 4) is 5.75 Å². The molecule has 2 aromatic carbocycles. The van der Waals surface area contributed by atoms with Crippen molar-refractivity contribution in [2.75, 3.05) is 0 Å². The molecule has 0 spiro atoms. The Labute approximate surface area is 127 Å². The summed E-state index contributed by atoms with van der Waals surface area (Å²) in [5, 5.41) is 9.37. The van der Waals surface area contributed by atoms with Crippen LogP contribution in [0.1, 0.15) is 28.7 Å². The fraction of sp³-hybridized carbons (Fsp3) is 0.294. The molecule has 3 rings (SSSR count). The first-order valence-electron chi connectivity index (χ1n) is 6.89. The molecule has 2 nitrogen and oxygen atoms in total. The van der Waals surface area contributed by atoms with Crippen molar-refractivity contribution in [3.05, 3.63) is 63.1 Å². The number of halogens is 1. The van der Waals surface area contributed by atoms with Gasteiger partial charge in [0.25, 0.3) is 0 Å². The van der Waals surface area contributed by atoms with Crippen LogP contribution in [-0.4, -0.2) is 5.11 Å². The molecule has 0 saturated heterocycles. The van der Waals surface area contributed by atoms with Gasteiger partial charge in [0.1, 0.15) is 12.4 Å². The molecular formula is C17H17BrO2. The highest BCUT2D eigenvalue weighted by Gasteiger charge is 2.11. The summed E-state index contributed by atoms with van der Waals surface area (Å²) in [6, 6.07) is 12.3. The largest absolute Gasteiger partial charge is 0.489 e. The number of aliphatic hydroxyl groups excluding tert-OH is 1. The third kappa shape index (κ3) is 2.89. The number of aliphatic hydroxyl groups is 1. The van der Waals surface area contributed by atoms with Crippen LogP contribution in [0.2, 0.25) is 0 Å². The van der Waals surface area contributed by atoms with Crippen molar-refractivity contribution < 1.29 is 9.84 Å². The summed E-state index contributed by atoms with van der Waals surface area (Å²) in [5.74, 6) is 0.746. The molecule has 104 valence electrons. The van der Waals surface area contributed by atoms with E-state index in [1.165, 1.54) is 36.0 Å². The van der Waals surface area contributed by atoms with E-state index in [0.29, 0.717) is 6.61 Å². The van der Waals surface area contributed by atoms with Crippen LogP contribution in [-0.2, 0) is 26.1 Å². The minimum atomic E-state index is -0.0149. The van der Waals surface area contributed by atoms with Crippen LogP contribution in [0.4, 0.5) is 0 Å². The highest BCUT2D eigenvalue weighted by atomic mass is 79.9. The topological polar surface area (TPSA) is 29.5 Å². The minimum Gasteiger partial charge on any atom is -0.489 e. The van der Waals surface area contributed by atoms with Gasteiger partial charge in [0.05, 0.1) is 6.61 Å². The molecule has 0 fully saturated rings. The first kappa shape index (κ1) is 13.7. The van der Waals surface area contributed by atoms with E-state index in [0.717, 1.165) is 15.8 Å². The Hall–Kier alpha value is -1.32. The molecule has 0 amide bonds.